The topological polar surface area (TPSA) is 74.5 Å². The molecule has 1 atom stereocenters. The van der Waals surface area contributed by atoms with Gasteiger partial charge in [-0.2, -0.15) is 5.26 Å². The maximum atomic E-state index is 9.99. The summed E-state index contributed by atoms with van der Waals surface area (Å²) >= 11 is 0. The van der Waals surface area contributed by atoms with Gasteiger partial charge in [-0.3, -0.25) is 0 Å². The molecule has 1 aromatic carbocycles. The van der Waals surface area contributed by atoms with Gasteiger partial charge < -0.3 is 19.9 Å². The lowest BCUT2D eigenvalue weighted by atomic mass is 10.1. The Hall–Kier alpha value is -1.77. The van der Waals surface area contributed by atoms with E-state index >= 15 is 0 Å². The summed E-state index contributed by atoms with van der Waals surface area (Å²) < 4.78 is 10.9. The second kappa shape index (κ2) is 7.87. The van der Waals surface area contributed by atoms with E-state index in [0.29, 0.717) is 36.3 Å². The van der Waals surface area contributed by atoms with Gasteiger partial charge in [-0.25, -0.2) is 0 Å². The Balaban J connectivity index is 1.85. The van der Waals surface area contributed by atoms with E-state index < -0.39 is 6.10 Å². The summed E-state index contributed by atoms with van der Waals surface area (Å²) in [6.45, 7) is 0.635. The fraction of sp³-hybridized carbons (Fsp3) is 0.562. The Morgan fingerprint density at radius 3 is 2.86 bits per heavy atom. The van der Waals surface area contributed by atoms with Gasteiger partial charge in [0.15, 0.2) is 0 Å². The Labute approximate surface area is 125 Å². The minimum atomic E-state index is -0.609. The van der Waals surface area contributed by atoms with Crippen LogP contribution in [0.3, 0.4) is 0 Å². The highest BCUT2D eigenvalue weighted by atomic mass is 16.5. The number of para-hydroxylation sites is 1. The molecule has 2 N–H and O–H groups in total. The summed E-state index contributed by atoms with van der Waals surface area (Å²) in [6.07, 6.45) is 4.29. The van der Waals surface area contributed by atoms with Crippen molar-refractivity contribution in [3.8, 4) is 11.8 Å². The SMILES string of the molecule is COc1cccc(C#N)c1NCC(O)COC1CCCC1. The third-order valence-corrected chi connectivity index (χ3v) is 3.71. The monoisotopic (exact) mass is 290 g/mol. The van der Waals surface area contributed by atoms with E-state index in [9.17, 15) is 5.11 Å². The molecule has 1 fully saturated rings. The van der Waals surface area contributed by atoms with Crippen molar-refractivity contribution in [3.63, 3.8) is 0 Å². The first-order valence-corrected chi connectivity index (χ1v) is 7.35. The minimum absolute atomic E-state index is 0.292. The van der Waals surface area contributed by atoms with E-state index in [0.717, 1.165) is 12.8 Å². The standard InChI is InChI=1S/C16H22N2O3/c1-20-15-8-4-5-12(9-17)16(15)18-10-13(19)11-21-14-6-2-3-7-14/h4-5,8,13-14,18-19H,2-3,6-7,10-11H2,1H3. The van der Waals surface area contributed by atoms with Crippen LogP contribution in [-0.4, -0.2) is 37.6 Å². The van der Waals surface area contributed by atoms with Gasteiger partial charge in [0.2, 0.25) is 0 Å². The van der Waals surface area contributed by atoms with Crippen molar-refractivity contribution in [3.05, 3.63) is 23.8 Å². The lowest BCUT2D eigenvalue weighted by molar-refractivity contribution is -0.00118. The zero-order chi connectivity index (χ0) is 15.1. The molecule has 0 amide bonds. The number of hydrogen-bond acceptors (Lipinski definition) is 5. The van der Waals surface area contributed by atoms with E-state index in [-0.39, 0.29) is 0 Å². The lowest BCUT2D eigenvalue weighted by Gasteiger charge is -2.18. The third-order valence-electron chi connectivity index (χ3n) is 3.71. The van der Waals surface area contributed by atoms with Crippen LogP contribution in [0.4, 0.5) is 5.69 Å². The summed E-state index contributed by atoms with van der Waals surface area (Å²) in [5.74, 6) is 0.595. The maximum Gasteiger partial charge on any atom is 0.143 e. The molecule has 1 aliphatic carbocycles. The first-order valence-electron chi connectivity index (χ1n) is 7.35. The highest BCUT2D eigenvalue weighted by molar-refractivity contribution is 5.66. The molecular formula is C16H22N2O3. The van der Waals surface area contributed by atoms with Gasteiger partial charge in [-0.15, -0.1) is 0 Å². The van der Waals surface area contributed by atoms with Gasteiger partial charge in [-0.1, -0.05) is 18.9 Å². The van der Waals surface area contributed by atoms with E-state index in [1.54, 1.807) is 25.3 Å². The van der Waals surface area contributed by atoms with Crippen LogP contribution in [0.25, 0.3) is 0 Å². The molecule has 1 aliphatic rings. The molecule has 0 saturated heterocycles. The molecule has 2 rings (SSSR count). The second-order valence-electron chi connectivity index (χ2n) is 5.27. The number of benzene rings is 1. The molecule has 1 aromatic rings. The maximum absolute atomic E-state index is 9.99. The Bertz CT molecular complexity index is 493. The predicted octanol–water partition coefficient (Wildman–Crippen LogP) is 2.30. The quantitative estimate of drug-likeness (QED) is 0.806. The Morgan fingerprint density at radius 2 is 2.19 bits per heavy atom. The molecule has 0 spiro atoms. The van der Waals surface area contributed by atoms with Crippen molar-refractivity contribution in [1.82, 2.24) is 0 Å². The second-order valence-corrected chi connectivity index (χ2v) is 5.27. The van der Waals surface area contributed by atoms with E-state index in [2.05, 4.69) is 11.4 Å². The van der Waals surface area contributed by atoms with E-state index in [4.69, 9.17) is 14.7 Å². The smallest absolute Gasteiger partial charge is 0.143 e. The van der Waals surface area contributed by atoms with Crippen molar-refractivity contribution in [2.24, 2.45) is 0 Å². The molecule has 5 nitrogen and oxygen atoms in total. The van der Waals surface area contributed by atoms with Crippen LogP contribution in [0.15, 0.2) is 18.2 Å². The molecule has 114 valence electrons. The Morgan fingerprint density at radius 1 is 1.43 bits per heavy atom. The van der Waals surface area contributed by atoms with Crippen LogP contribution in [0, 0.1) is 11.3 Å². The van der Waals surface area contributed by atoms with Crippen molar-refractivity contribution in [2.75, 3.05) is 25.6 Å². The number of aliphatic hydroxyl groups is 1. The fourth-order valence-electron chi connectivity index (χ4n) is 2.56. The zero-order valence-electron chi connectivity index (χ0n) is 12.3. The molecule has 1 unspecified atom stereocenters. The molecule has 0 heterocycles. The number of methoxy groups -OCH3 is 1. The van der Waals surface area contributed by atoms with E-state index in [1.165, 1.54) is 12.8 Å². The number of rotatable bonds is 7. The number of anilines is 1. The first kappa shape index (κ1) is 15.6. The van der Waals surface area contributed by atoms with Crippen molar-refractivity contribution in [1.29, 1.82) is 5.26 Å². The van der Waals surface area contributed by atoms with Gasteiger partial charge >= 0.3 is 0 Å². The van der Waals surface area contributed by atoms with E-state index in [1.807, 2.05) is 0 Å². The highest BCUT2D eigenvalue weighted by Gasteiger charge is 2.17. The molecule has 0 aliphatic heterocycles. The summed E-state index contributed by atoms with van der Waals surface area (Å²) in [4.78, 5) is 0. The van der Waals surface area contributed by atoms with Crippen LogP contribution in [0.5, 0.6) is 5.75 Å². The molecule has 1 saturated carbocycles. The summed E-state index contributed by atoms with van der Waals surface area (Å²) in [5.41, 5.74) is 1.11. The number of aliphatic hydroxyl groups excluding tert-OH is 1. The molecule has 5 heteroatoms. The minimum Gasteiger partial charge on any atom is -0.495 e. The lowest BCUT2D eigenvalue weighted by Crippen LogP contribution is -2.27. The summed E-state index contributed by atoms with van der Waals surface area (Å²) in [6, 6.07) is 7.38. The average molecular weight is 290 g/mol. The normalized spacial score (nSPS) is 16.4. The van der Waals surface area contributed by atoms with Crippen LogP contribution in [-0.2, 0) is 4.74 Å². The van der Waals surface area contributed by atoms with Crippen LogP contribution < -0.4 is 10.1 Å². The number of hydrogen-bond donors (Lipinski definition) is 2. The third kappa shape index (κ3) is 4.35. The van der Waals surface area contributed by atoms with Crippen LogP contribution in [0.2, 0.25) is 0 Å². The van der Waals surface area contributed by atoms with Crippen LogP contribution in [0.1, 0.15) is 31.2 Å². The molecular weight excluding hydrogens is 268 g/mol. The highest BCUT2D eigenvalue weighted by Crippen LogP contribution is 2.27. The number of nitriles is 1. The van der Waals surface area contributed by atoms with Crippen molar-refractivity contribution < 1.29 is 14.6 Å². The summed E-state index contributed by atoms with van der Waals surface area (Å²) in [5, 5.41) is 22.2. The first-order chi connectivity index (χ1) is 10.2. The fourth-order valence-corrected chi connectivity index (χ4v) is 2.56. The Kier molecular flexibility index (Phi) is 5.85. The summed E-state index contributed by atoms with van der Waals surface area (Å²) in [7, 11) is 1.56. The average Bonchev–Trinajstić information content (AvgIpc) is 3.03. The van der Waals surface area contributed by atoms with Crippen molar-refractivity contribution >= 4 is 5.69 Å². The van der Waals surface area contributed by atoms with Gasteiger partial charge in [0.1, 0.15) is 11.8 Å². The van der Waals surface area contributed by atoms with Gasteiger partial charge in [0, 0.05) is 6.54 Å². The number of nitrogens with one attached hydrogen (secondary N) is 1. The largest absolute Gasteiger partial charge is 0.495 e. The molecule has 0 bridgehead atoms. The predicted molar refractivity (Wildman–Crippen MR) is 80.4 cm³/mol. The molecule has 0 radical (unpaired) electrons. The van der Waals surface area contributed by atoms with Crippen LogP contribution >= 0.6 is 0 Å². The van der Waals surface area contributed by atoms with Gasteiger partial charge in [-0.05, 0) is 25.0 Å². The molecule has 0 aromatic heterocycles. The van der Waals surface area contributed by atoms with Gasteiger partial charge in [0.05, 0.1) is 37.2 Å². The number of ether oxygens (including phenoxy) is 2. The van der Waals surface area contributed by atoms with Crippen molar-refractivity contribution in [2.45, 2.75) is 37.9 Å². The zero-order valence-corrected chi connectivity index (χ0v) is 12.3. The number of nitrogens with zero attached hydrogens (tertiary/aromatic N) is 1. The molecule has 21 heavy (non-hydrogen) atoms. The van der Waals surface area contributed by atoms with Gasteiger partial charge in [0.25, 0.3) is 0 Å².